The minimum Gasteiger partial charge on any atom is -0.391 e. The van der Waals surface area contributed by atoms with Gasteiger partial charge in [0.1, 0.15) is 0 Å². The lowest BCUT2D eigenvalue weighted by Gasteiger charge is -2.14. The third kappa shape index (κ3) is 3.30. The standard InChI is InChI=1S/C16H20N2O.ClH/c19-16-11-18-10-14(16)9-17-8-13-6-3-5-12-4-1-2-7-15(12)13;/h1-7,14,16-19H,8-11H2;1H. The van der Waals surface area contributed by atoms with E-state index in [0.29, 0.717) is 5.92 Å². The van der Waals surface area contributed by atoms with Gasteiger partial charge in [-0.25, -0.2) is 0 Å². The van der Waals surface area contributed by atoms with Gasteiger partial charge in [0.15, 0.2) is 0 Å². The minimum atomic E-state index is -0.208. The van der Waals surface area contributed by atoms with E-state index in [-0.39, 0.29) is 18.5 Å². The summed E-state index contributed by atoms with van der Waals surface area (Å²) in [4.78, 5) is 0. The van der Waals surface area contributed by atoms with Crippen LogP contribution in [0.5, 0.6) is 0 Å². The van der Waals surface area contributed by atoms with Crippen molar-refractivity contribution in [1.29, 1.82) is 0 Å². The van der Waals surface area contributed by atoms with Crippen LogP contribution in [0.2, 0.25) is 0 Å². The molecule has 0 saturated carbocycles. The van der Waals surface area contributed by atoms with Gasteiger partial charge in [-0.3, -0.25) is 0 Å². The number of halogens is 1. The molecule has 108 valence electrons. The molecule has 3 nitrogen and oxygen atoms in total. The van der Waals surface area contributed by atoms with E-state index in [0.717, 1.165) is 26.2 Å². The van der Waals surface area contributed by atoms with Crippen LogP contribution in [-0.4, -0.2) is 30.8 Å². The van der Waals surface area contributed by atoms with Gasteiger partial charge in [-0.15, -0.1) is 12.4 Å². The van der Waals surface area contributed by atoms with Crippen LogP contribution in [0.4, 0.5) is 0 Å². The van der Waals surface area contributed by atoms with Crippen molar-refractivity contribution >= 4 is 23.2 Å². The predicted molar refractivity (Wildman–Crippen MR) is 85.3 cm³/mol. The van der Waals surface area contributed by atoms with Crippen LogP contribution in [0, 0.1) is 5.92 Å². The number of hydrogen-bond donors (Lipinski definition) is 3. The van der Waals surface area contributed by atoms with Gasteiger partial charge in [0.25, 0.3) is 0 Å². The van der Waals surface area contributed by atoms with E-state index in [2.05, 4.69) is 53.1 Å². The second kappa shape index (κ2) is 7.04. The van der Waals surface area contributed by atoms with Crippen molar-refractivity contribution in [2.75, 3.05) is 19.6 Å². The quantitative estimate of drug-likeness (QED) is 0.807. The fourth-order valence-electron chi connectivity index (χ4n) is 2.77. The number of β-amino-alcohol motifs (C(OH)–C–C–N with tert-alkyl or cyclic N) is 1. The molecule has 0 aromatic heterocycles. The smallest absolute Gasteiger partial charge is 0.0716 e. The second-order valence-electron chi connectivity index (χ2n) is 5.25. The van der Waals surface area contributed by atoms with Crippen molar-refractivity contribution < 1.29 is 5.11 Å². The Labute approximate surface area is 125 Å². The third-order valence-corrected chi connectivity index (χ3v) is 3.91. The summed E-state index contributed by atoms with van der Waals surface area (Å²) in [5, 5.41) is 19.0. The van der Waals surface area contributed by atoms with Crippen molar-refractivity contribution in [3.63, 3.8) is 0 Å². The zero-order valence-electron chi connectivity index (χ0n) is 11.4. The van der Waals surface area contributed by atoms with Crippen LogP contribution in [0.1, 0.15) is 5.56 Å². The van der Waals surface area contributed by atoms with Crippen LogP contribution in [0.15, 0.2) is 42.5 Å². The lowest BCUT2D eigenvalue weighted by atomic mass is 10.0. The molecule has 1 fully saturated rings. The van der Waals surface area contributed by atoms with Crippen LogP contribution in [0.3, 0.4) is 0 Å². The highest BCUT2D eigenvalue weighted by atomic mass is 35.5. The van der Waals surface area contributed by atoms with Gasteiger partial charge in [-0.05, 0) is 16.3 Å². The van der Waals surface area contributed by atoms with Crippen molar-refractivity contribution in [2.24, 2.45) is 5.92 Å². The molecule has 0 bridgehead atoms. The highest BCUT2D eigenvalue weighted by Gasteiger charge is 2.23. The van der Waals surface area contributed by atoms with Crippen molar-refractivity contribution in [3.8, 4) is 0 Å². The second-order valence-corrected chi connectivity index (χ2v) is 5.25. The number of benzene rings is 2. The molecule has 2 aromatic rings. The summed E-state index contributed by atoms with van der Waals surface area (Å²) in [7, 11) is 0. The first kappa shape index (κ1) is 15.3. The Bertz CT molecular complexity index is 556. The molecular weight excluding hydrogens is 272 g/mol. The summed E-state index contributed by atoms with van der Waals surface area (Å²) in [5.74, 6) is 0.329. The molecule has 2 atom stereocenters. The van der Waals surface area contributed by atoms with E-state index in [9.17, 15) is 5.11 Å². The van der Waals surface area contributed by atoms with Gasteiger partial charge in [-0.2, -0.15) is 0 Å². The first-order valence-electron chi connectivity index (χ1n) is 6.91. The number of fused-ring (bicyclic) bond motifs is 1. The maximum Gasteiger partial charge on any atom is 0.0716 e. The highest BCUT2D eigenvalue weighted by Crippen LogP contribution is 2.18. The Balaban J connectivity index is 0.00000147. The minimum absolute atomic E-state index is 0. The van der Waals surface area contributed by atoms with Crippen molar-refractivity contribution in [3.05, 3.63) is 48.0 Å². The number of nitrogens with one attached hydrogen (secondary N) is 2. The Hall–Kier alpha value is -1.13. The van der Waals surface area contributed by atoms with E-state index in [1.165, 1.54) is 16.3 Å². The van der Waals surface area contributed by atoms with E-state index in [1.54, 1.807) is 0 Å². The molecule has 0 spiro atoms. The van der Waals surface area contributed by atoms with Crippen LogP contribution >= 0.6 is 12.4 Å². The zero-order chi connectivity index (χ0) is 13.1. The molecule has 3 N–H and O–H groups in total. The lowest BCUT2D eigenvalue weighted by Crippen LogP contribution is -2.30. The first-order valence-corrected chi connectivity index (χ1v) is 6.91. The Morgan fingerprint density at radius 3 is 2.70 bits per heavy atom. The molecule has 1 saturated heterocycles. The highest BCUT2D eigenvalue weighted by molar-refractivity contribution is 5.85. The fraction of sp³-hybridized carbons (Fsp3) is 0.375. The SMILES string of the molecule is Cl.OC1CNCC1CNCc1cccc2ccccc12. The molecule has 1 aliphatic rings. The predicted octanol–water partition coefficient (Wildman–Crippen LogP) is 1.93. The molecular formula is C16H21ClN2O. The monoisotopic (exact) mass is 292 g/mol. The molecule has 2 unspecified atom stereocenters. The topological polar surface area (TPSA) is 44.3 Å². The zero-order valence-corrected chi connectivity index (χ0v) is 12.2. The molecule has 0 radical (unpaired) electrons. The summed E-state index contributed by atoms with van der Waals surface area (Å²) >= 11 is 0. The average molecular weight is 293 g/mol. The number of aliphatic hydroxyl groups excluding tert-OH is 1. The Kier molecular flexibility index (Phi) is 5.38. The van der Waals surface area contributed by atoms with Crippen molar-refractivity contribution in [1.82, 2.24) is 10.6 Å². The summed E-state index contributed by atoms with van der Waals surface area (Å²) in [6.45, 7) is 3.34. The van der Waals surface area contributed by atoms with Gasteiger partial charge in [0, 0.05) is 32.1 Å². The largest absolute Gasteiger partial charge is 0.391 e. The maximum absolute atomic E-state index is 9.76. The first-order chi connectivity index (χ1) is 9.34. The summed E-state index contributed by atoms with van der Waals surface area (Å²) in [6.07, 6.45) is -0.208. The number of rotatable bonds is 4. The van der Waals surface area contributed by atoms with Gasteiger partial charge in [0.05, 0.1) is 6.10 Å². The third-order valence-electron chi connectivity index (χ3n) is 3.91. The number of aliphatic hydroxyl groups is 1. The summed E-state index contributed by atoms with van der Waals surface area (Å²) in [6, 6.07) is 14.9. The molecule has 4 heteroatoms. The Morgan fingerprint density at radius 1 is 1.10 bits per heavy atom. The molecule has 20 heavy (non-hydrogen) atoms. The lowest BCUT2D eigenvalue weighted by molar-refractivity contribution is 0.146. The maximum atomic E-state index is 9.76. The molecule has 1 aliphatic heterocycles. The van der Waals surface area contributed by atoms with Crippen LogP contribution in [0.25, 0.3) is 10.8 Å². The van der Waals surface area contributed by atoms with E-state index in [1.807, 2.05) is 0 Å². The van der Waals surface area contributed by atoms with Gasteiger partial charge in [-0.1, -0.05) is 42.5 Å². The van der Waals surface area contributed by atoms with Crippen LogP contribution in [-0.2, 0) is 6.54 Å². The van der Waals surface area contributed by atoms with Crippen molar-refractivity contribution in [2.45, 2.75) is 12.6 Å². The summed E-state index contributed by atoms with van der Waals surface area (Å²) in [5.41, 5.74) is 1.32. The summed E-state index contributed by atoms with van der Waals surface area (Å²) < 4.78 is 0. The molecule has 0 amide bonds. The van der Waals surface area contributed by atoms with Gasteiger partial charge >= 0.3 is 0 Å². The van der Waals surface area contributed by atoms with Gasteiger partial charge in [0.2, 0.25) is 0 Å². The van der Waals surface area contributed by atoms with E-state index < -0.39 is 0 Å². The van der Waals surface area contributed by atoms with Crippen LogP contribution < -0.4 is 10.6 Å². The van der Waals surface area contributed by atoms with E-state index >= 15 is 0 Å². The average Bonchev–Trinajstić information content (AvgIpc) is 2.85. The molecule has 3 rings (SSSR count). The fourth-order valence-corrected chi connectivity index (χ4v) is 2.77. The molecule has 2 aromatic carbocycles. The Morgan fingerprint density at radius 2 is 1.90 bits per heavy atom. The molecule has 1 heterocycles. The van der Waals surface area contributed by atoms with E-state index in [4.69, 9.17) is 0 Å². The normalized spacial score (nSPS) is 21.9. The number of hydrogen-bond acceptors (Lipinski definition) is 3. The molecule has 0 aliphatic carbocycles. The van der Waals surface area contributed by atoms with Gasteiger partial charge < -0.3 is 15.7 Å².